The maximum atomic E-state index is 11.8. The van der Waals surface area contributed by atoms with Crippen molar-refractivity contribution in [3.63, 3.8) is 0 Å². The average molecular weight is 348 g/mol. The summed E-state index contributed by atoms with van der Waals surface area (Å²) in [6.45, 7) is 3.90. The van der Waals surface area contributed by atoms with Gasteiger partial charge in [-0.1, -0.05) is 54.6 Å². The molecule has 24 heavy (non-hydrogen) atoms. The molecule has 1 atom stereocenters. The number of halogens is 1. The molecule has 2 N–H and O–H groups in total. The van der Waals surface area contributed by atoms with E-state index in [2.05, 4.69) is 36.4 Å². The number of hydrogen-bond acceptors (Lipinski definition) is 3. The van der Waals surface area contributed by atoms with E-state index < -0.39 is 5.54 Å². The number of benzene rings is 2. The van der Waals surface area contributed by atoms with E-state index >= 15 is 0 Å². The highest BCUT2D eigenvalue weighted by atomic mass is 35.5. The van der Waals surface area contributed by atoms with E-state index in [1.165, 1.54) is 16.7 Å². The Morgan fingerprint density at radius 3 is 2.21 bits per heavy atom. The molecule has 0 amide bonds. The number of nitrogens with two attached hydrogens (primary N) is 1. The number of hydrogen-bond donors (Lipinski definition) is 1. The van der Waals surface area contributed by atoms with Crippen LogP contribution in [-0.4, -0.2) is 18.1 Å². The molecule has 0 aliphatic heterocycles. The van der Waals surface area contributed by atoms with Crippen molar-refractivity contribution in [3.05, 3.63) is 60.2 Å². The molecule has 0 heterocycles. The van der Waals surface area contributed by atoms with E-state index in [9.17, 15) is 4.79 Å². The number of aryl methyl sites for hydroxylation is 1. The van der Waals surface area contributed by atoms with Gasteiger partial charge in [-0.05, 0) is 49.8 Å². The molecule has 3 nitrogen and oxygen atoms in total. The first-order valence-corrected chi connectivity index (χ1v) is 8.13. The van der Waals surface area contributed by atoms with Crippen molar-refractivity contribution < 1.29 is 9.53 Å². The van der Waals surface area contributed by atoms with E-state index in [0.717, 1.165) is 12.8 Å². The predicted octanol–water partition coefficient (Wildman–Crippen LogP) is 4.38. The summed E-state index contributed by atoms with van der Waals surface area (Å²) >= 11 is 0. The Kier molecular flexibility index (Phi) is 7.96. The highest BCUT2D eigenvalue weighted by molar-refractivity contribution is 5.85. The van der Waals surface area contributed by atoms with Crippen molar-refractivity contribution in [3.8, 4) is 11.1 Å². The van der Waals surface area contributed by atoms with Crippen LogP contribution in [-0.2, 0) is 16.0 Å². The Labute approximate surface area is 150 Å². The molecule has 0 saturated heterocycles. The fraction of sp³-hybridized carbons (Fsp3) is 0.350. The van der Waals surface area contributed by atoms with Gasteiger partial charge < -0.3 is 10.5 Å². The normalized spacial score (nSPS) is 12.8. The van der Waals surface area contributed by atoms with E-state index in [4.69, 9.17) is 10.5 Å². The second-order valence-corrected chi connectivity index (χ2v) is 6.05. The van der Waals surface area contributed by atoms with E-state index in [0.29, 0.717) is 13.0 Å². The van der Waals surface area contributed by atoms with Gasteiger partial charge in [0.2, 0.25) is 0 Å². The lowest BCUT2D eigenvalue weighted by Gasteiger charge is -2.22. The number of ether oxygens (including phenoxy) is 1. The van der Waals surface area contributed by atoms with Gasteiger partial charge in [-0.2, -0.15) is 0 Å². The summed E-state index contributed by atoms with van der Waals surface area (Å²) in [5, 5.41) is 0. The zero-order valence-corrected chi connectivity index (χ0v) is 15.1. The molecule has 0 aromatic heterocycles. The van der Waals surface area contributed by atoms with Crippen molar-refractivity contribution in [1.29, 1.82) is 0 Å². The Hall–Kier alpha value is -1.84. The van der Waals surface area contributed by atoms with Crippen LogP contribution >= 0.6 is 12.4 Å². The zero-order chi connectivity index (χ0) is 16.7. The first-order valence-electron chi connectivity index (χ1n) is 8.13. The van der Waals surface area contributed by atoms with Crippen LogP contribution in [0, 0.1) is 0 Å². The third-order valence-electron chi connectivity index (χ3n) is 3.96. The highest BCUT2D eigenvalue weighted by Crippen LogP contribution is 2.20. The second-order valence-electron chi connectivity index (χ2n) is 6.05. The van der Waals surface area contributed by atoms with Crippen LogP contribution in [0.4, 0.5) is 0 Å². The number of rotatable bonds is 7. The molecule has 2 aromatic rings. The summed E-state index contributed by atoms with van der Waals surface area (Å²) < 4.78 is 5.01. The molecule has 0 spiro atoms. The van der Waals surface area contributed by atoms with Crippen molar-refractivity contribution in [1.82, 2.24) is 0 Å². The van der Waals surface area contributed by atoms with Crippen molar-refractivity contribution in [2.75, 3.05) is 6.61 Å². The molecule has 1 unspecified atom stereocenters. The first-order chi connectivity index (χ1) is 11.0. The van der Waals surface area contributed by atoms with E-state index in [1.807, 2.05) is 18.2 Å². The average Bonchev–Trinajstić information content (AvgIpc) is 2.56. The highest BCUT2D eigenvalue weighted by Gasteiger charge is 2.29. The predicted molar refractivity (Wildman–Crippen MR) is 101 cm³/mol. The Bertz CT molecular complexity index is 624. The lowest BCUT2D eigenvalue weighted by molar-refractivity contribution is -0.149. The maximum absolute atomic E-state index is 11.8. The van der Waals surface area contributed by atoms with Crippen LogP contribution in [0.1, 0.15) is 32.3 Å². The van der Waals surface area contributed by atoms with Gasteiger partial charge in [0.15, 0.2) is 0 Å². The Balaban J connectivity index is 0.00000288. The molecule has 0 saturated carbocycles. The summed E-state index contributed by atoms with van der Waals surface area (Å²) in [7, 11) is 0. The maximum Gasteiger partial charge on any atom is 0.325 e. The topological polar surface area (TPSA) is 52.3 Å². The summed E-state index contributed by atoms with van der Waals surface area (Å²) in [5.41, 5.74) is 8.82. The van der Waals surface area contributed by atoms with Gasteiger partial charge in [-0.15, -0.1) is 12.4 Å². The number of esters is 1. The minimum Gasteiger partial charge on any atom is -0.465 e. The third kappa shape index (κ3) is 5.66. The zero-order valence-electron chi connectivity index (χ0n) is 14.3. The second kappa shape index (κ2) is 9.45. The van der Waals surface area contributed by atoms with Gasteiger partial charge in [-0.25, -0.2) is 0 Å². The monoisotopic (exact) mass is 347 g/mol. The first kappa shape index (κ1) is 20.2. The molecule has 0 fully saturated rings. The van der Waals surface area contributed by atoms with Gasteiger partial charge in [0, 0.05) is 0 Å². The summed E-state index contributed by atoms with van der Waals surface area (Å²) in [6, 6.07) is 18.9. The summed E-state index contributed by atoms with van der Waals surface area (Å²) in [5.74, 6) is -0.320. The molecule has 4 heteroatoms. The van der Waals surface area contributed by atoms with Gasteiger partial charge in [0.05, 0.1) is 6.61 Å². The minimum absolute atomic E-state index is 0. The molecule has 0 bridgehead atoms. The minimum atomic E-state index is -0.903. The van der Waals surface area contributed by atoms with Crippen molar-refractivity contribution >= 4 is 18.4 Å². The van der Waals surface area contributed by atoms with Crippen LogP contribution in [0.15, 0.2) is 54.6 Å². The molecular formula is C20H26ClNO2. The lowest BCUT2D eigenvalue weighted by atomic mass is 9.94. The van der Waals surface area contributed by atoms with Crippen molar-refractivity contribution in [2.24, 2.45) is 5.73 Å². The lowest BCUT2D eigenvalue weighted by Crippen LogP contribution is -2.46. The summed E-state index contributed by atoms with van der Waals surface area (Å²) in [6.07, 6.45) is 2.38. The number of carbonyl (C=O) groups excluding carboxylic acids is 1. The molecule has 0 aliphatic carbocycles. The SMILES string of the molecule is CCOC(=O)C(C)(N)CCCc1ccc(-c2ccccc2)cc1.Cl. The molecule has 130 valence electrons. The smallest absolute Gasteiger partial charge is 0.325 e. The standard InChI is InChI=1S/C20H25NO2.ClH/c1-3-23-19(22)20(2,21)15-7-8-16-11-13-18(14-12-16)17-9-5-4-6-10-17;/h4-6,9-14H,3,7-8,15,21H2,1-2H3;1H. The van der Waals surface area contributed by atoms with Gasteiger partial charge in [0.25, 0.3) is 0 Å². The van der Waals surface area contributed by atoms with Gasteiger partial charge in [-0.3, -0.25) is 4.79 Å². The summed E-state index contributed by atoms with van der Waals surface area (Å²) in [4.78, 5) is 11.8. The van der Waals surface area contributed by atoms with Crippen LogP contribution in [0.3, 0.4) is 0 Å². The quantitative estimate of drug-likeness (QED) is 0.756. The van der Waals surface area contributed by atoms with E-state index in [-0.39, 0.29) is 18.4 Å². The fourth-order valence-electron chi connectivity index (χ4n) is 2.55. The molecule has 2 rings (SSSR count). The largest absolute Gasteiger partial charge is 0.465 e. The molecular weight excluding hydrogens is 322 g/mol. The van der Waals surface area contributed by atoms with Crippen LogP contribution in [0.25, 0.3) is 11.1 Å². The fourth-order valence-corrected chi connectivity index (χ4v) is 2.55. The van der Waals surface area contributed by atoms with Gasteiger partial charge >= 0.3 is 5.97 Å². The van der Waals surface area contributed by atoms with Crippen LogP contribution < -0.4 is 5.73 Å². The number of carbonyl (C=O) groups is 1. The molecule has 0 radical (unpaired) electrons. The van der Waals surface area contributed by atoms with E-state index in [1.54, 1.807) is 13.8 Å². The van der Waals surface area contributed by atoms with Crippen molar-refractivity contribution in [2.45, 2.75) is 38.6 Å². The molecule has 0 aliphatic rings. The van der Waals surface area contributed by atoms with Crippen LogP contribution in [0.5, 0.6) is 0 Å². The van der Waals surface area contributed by atoms with Crippen LogP contribution in [0.2, 0.25) is 0 Å². The Morgan fingerprint density at radius 1 is 1.04 bits per heavy atom. The molecule has 2 aromatic carbocycles. The Morgan fingerprint density at radius 2 is 1.62 bits per heavy atom. The third-order valence-corrected chi connectivity index (χ3v) is 3.96. The van der Waals surface area contributed by atoms with Gasteiger partial charge in [0.1, 0.15) is 5.54 Å².